The molecule has 0 saturated carbocycles. The molecule has 4 nitrogen and oxygen atoms in total. The maximum atomic E-state index is 4.66. The van der Waals surface area contributed by atoms with Gasteiger partial charge in [-0.1, -0.05) is 20.8 Å². The molecule has 0 fully saturated rings. The minimum atomic E-state index is 0.859. The summed E-state index contributed by atoms with van der Waals surface area (Å²) < 4.78 is 2.02. The molecule has 0 aliphatic carbocycles. The van der Waals surface area contributed by atoms with Crippen LogP contribution in [0, 0.1) is 0 Å². The molecule has 20 heavy (non-hydrogen) atoms. The first-order valence-electron chi connectivity index (χ1n) is 7.51. The third kappa shape index (κ3) is 3.45. The summed E-state index contributed by atoms with van der Waals surface area (Å²) in [5, 5.41) is 8.07. The third-order valence-electron chi connectivity index (χ3n) is 3.34. The van der Waals surface area contributed by atoms with Crippen LogP contribution in [0.4, 0.5) is 0 Å². The van der Waals surface area contributed by atoms with E-state index < -0.39 is 0 Å². The van der Waals surface area contributed by atoms with Crippen LogP contribution in [0.25, 0.3) is 5.69 Å². The summed E-state index contributed by atoms with van der Waals surface area (Å²) >= 11 is 0. The number of aryl methyl sites for hydroxylation is 2. The molecule has 0 aromatic carbocycles. The monoisotopic (exact) mass is 272 g/mol. The molecule has 0 aliphatic rings. The lowest BCUT2D eigenvalue weighted by Gasteiger charge is -2.08. The number of nitrogens with one attached hydrogen (secondary N) is 1. The van der Waals surface area contributed by atoms with E-state index in [0.717, 1.165) is 43.7 Å². The van der Waals surface area contributed by atoms with Crippen LogP contribution in [-0.2, 0) is 19.4 Å². The first kappa shape index (κ1) is 14.7. The molecule has 2 aromatic heterocycles. The molecule has 0 spiro atoms. The Morgan fingerprint density at radius 3 is 2.65 bits per heavy atom. The highest BCUT2D eigenvalue weighted by Gasteiger charge is 2.08. The summed E-state index contributed by atoms with van der Waals surface area (Å²) in [5.41, 5.74) is 4.63. The van der Waals surface area contributed by atoms with E-state index in [9.17, 15) is 0 Å². The lowest BCUT2D eigenvalue weighted by Crippen LogP contribution is -2.14. The number of hydrogen-bond acceptors (Lipinski definition) is 3. The molecule has 0 bridgehead atoms. The van der Waals surface area contributed by atoms with Gasteiger partial charge < -0.3 is 5.32 Å². The minimum absolute atomic E-state index is 0.859. The van der Waals surface area contributed by atoms with Gasteiger partial charge in [0.25, 0.3) is 0 Å². The van der Waals surface area contributed by atoms with Crippen molar-refractivity contribution in [1.82, 2.24) is 20.1 Å². The molecule has 2 aromatic rings. The van der Waals surface area contributed by atoms with Crippen LogP contribution in [0.15, 0.2) is 24.5 Å². The predicted octanol–water partition coefficient (Wildman–Crippen LogP) is 2.89. The highest BCUT2D eigenvalue weighted by Crippen LogP contribution is 2.14. The predicted molar refractivity (Wildman–Crippen MR) is 82.1 cm³/mol. The van der Waals surface area contributed by atoms with Crippen molar-refractivity contribution in [2.45, 2.75) is 46.6 Å². The quantitative estimate of drug-likeness (QED) is 0.788. The lowest BCUT2D eigenvalue weighted by atomic mass is 10.2. The van der Waals surface area contributed by atoms with E-state index in [1.807, 2.05) is 17.1 Å². The van der Waals surface area contributed by atoms with E-state index in [1.54, 1.807) is 0 Å². The Labute approximate surface area is 121 Å². The Morgan fingerprint density at radius 1 is 1.10 bits per heavy atom. The van der Waals surface area contributed by atoms with Crippen molar-refractivity contribution in [2.75, 3.05) is 6.54 Å². The summed E-state index contributed by atoms with van der Waals surface area (Å²) in [5.74, 6) is 0. The molecule has 108 valence electrons. The van der Waals surface area contributed by atoms with Crippen LogP contribution in [-0.4, -0.2) is 21.3 Å². The molecule has 1 N–H and O–H groups in total. The van der Waals surface area contributed by atoms with Gasteiger partial charge in [0.05, 0.1) is 17.6 Å². The van der Waals surface area contributed by atoms with Gasteiger partial charge in [0.1, 0.15) is 0 Å². The van der Waals surface area contributed by atoms with Gasteiger partial charge >= 0.3 is 0 Å². The average Bonchev–Trinajstić information content (AvgIpc) is 2.91. The Kier molecular flexibility index (Phi) is 5.30. The first-order chi connectivity index (χ1) is 9.78. The van der Waals surface area contributed by atoms with Crippen LogP contribution >= 0.6 is 0 Å². The molecule has 4 heteroatoms. The maximum Gasteiger partial charge on any atom is 0.0835 e. The third-order valence-corrected chi connectivity index (χ3v) is 3.34. The maximum absolute atomic E-state index is 4.66. The molecule has 0 unspecified atom stereocenters. The number of rotatable bonds is 7. The molecular weight excluding hydrogens is 248 g/mol. The van der Waals surface area contributed by atoms with E-state index in [0.29, 0.717) is 0 Å². The standard InChI is InChI=1S/C16H24N4/c1-4-7-17-10-13-8-16(12-18-11-13)20-15(6-3)9-14(5-2)19-20/h8-9,11-12,17H,4-7,10H2,1-3H3. The zero-order chi connectivity index (χ0) is 14.4. The molecule has 2 rings (SSSR count). The Morgan fingerprint density at radius 2 is 1.95 bits per heavy atom. The van der Waals surface area contributed by atoms with Gasteiger partial charge in [-0.15, -0.1) is 0 Å². The van der Waals surface area contributed by atoms with Crippen LogP contribution in [0.1, 0.15) is 44.1 Å². The van der Waals surface area contributed by atoms with E-state index in [2.05, 4.69) is 48.3 Å². The molecule has 0 amide bonds. The highest BCUT2D eigenvalue weighted by atomic mass is 15.3. The fourth-order valence-electron chi connectivity index (χ4n) is 2.22. The topological polar surface area (TPSA) is 42.7 Å². The summed E-state index contributed by atoms with van der Waals surface area (Å²) in [6, 6.07) is 4.35. The van der Waals surface area contributed by atoms with Gasteiger partial charge in [-0.05, 0) is 43.5 Å². The second-order valence-corrected chi connectivity index (χ2v) is 4.97. The van der Waals surface area contributed by atoms with Crippen molar-refractivity contribution >= 4 is 0 Å². The van der Waals surface area contributed by atoms with Crippen molar-refractivity contribution in [3.05, 3.63) is 41.5 Å². The van der Waals surface area contributed by atoms with Gasteiger partial charge in [0.2, 0.25) is 0 Å². The summed E-state index contributed by atoms with van der Waals surface area (Å²) in [7, 11) is 0. The van der Waals surface area contributed by atoms with Crippen LogP contribution in [0.5, 0.6) is 0 Å². The van der Waals surface area contributed by atoms with Gasteiger partial charge in [-0.3, -0.25) is 4.98 Å². The van der Waals surface area contributed by atoms with Crippen molar-refractivity contribution in [3.63, 3.8) is 0 Å². The number of nitrogens with zero attached hydrogens (tertiary/aromatic N) is 3. The second kappa shape index (κ2) is 7.20. The fraction of sp³-hybridized carbons (Fsp3) is 0.500. The Hall–Kier alpha value is -1.68. The van der Waals surface area contributed by atoms with Crippen molar-refractivity contribution in [2.24, 2.45) is 0 Å². The van der Waals surface area contributed by atoms with Crippen molar-refractivity contribution in [1.29, 1.82) is 0 Å². The number of aromatic nitrogens is 3. The van der Waals surface area contributed by atoms with Gasteiger partial charge in [-0.2, -0.15) is 5.10 Å². The zero-order valence-corrected chi connectivity index (χ0v) is 12.7. The number of pyridine rings is 1. The van der Waals surface area contributed by atoms with Crippen LogP contribution in [0.3, 0.4) is 0 Å². The smallest absolute Gasteiger partial charge is 0.0835 e. The van der Waals surface area contributed by atoms with E-state index >= 15 is 0 Å². The van der Waals surface area contributed by atoms with Gasteiger partial charge in [0.15, 0.2) is 0 Å². The molecule has 0 atom stereocenters. The summed E-state index contributed by atoms with van der Waals surface area (Å²) in [6.45, 7) is 8.36. The summed E-state index contributed by atoms with van der Waals surface area (Å²) in [6.07, 6.45) is 6.89. The minimum Gasteiger partial charge on any atom is -0.313 e. The van der Waals surface area contributed by atoms with E-state index in [1.165, 1.54) is 11.3 Å². The van der Waals surface area contributed by atoms with Crippen molar-refractivity contribution < 1.29 is 0 Å². The molecule has 0 aliphatic heterocycles. The van der Waals surface area contributed by atoms with Crippen molar-refractivity contribution in [3.8, 4) is 5.69 Å². The fourth-order valence-corrected chi connectivity index (χ4v) is 2.22. The largest absolute Gasteiger partial charge is 0.313 e. The molecule has 0 saturated heterocycles. The normalized spacial score (nSPS) is 10.9. The van der Waals surface area contributed by atoms with Crippen LogP contribution < -0.4 is 5.32 Å². The Bertz CT molecular complexity index is 545. The van der Waals surface area contributed by atoms with E-state index in [-0.39, 0.29) is 0 Å². The Balaban J connectivity index is 2.23. The zero-order valence-electron chi connectivity index (χ0n) is 12.7. The average molecular weight is 272 g/mol. The molecular formula is C16H24N4. The molecule has 0 radical (unpaired) electrons. The lowest BCUT2D eigenvalue weighted by molar-refractivity contribution is 0.672. The molecule has 2 heterocycles. The second-order valence-electron chi connectivity index (χ2n) is 4.97. The SMILES string of the molecule is CCCNCc1cncc(-n2nc(CC)cc2CC)c1. The highest BCUT2D eigenvalue weighted by molar-refractivity contribution is 5.34. The van der Waals surface area contributed by atoms with E-state index in [4.69, 9.17) is 0 Å². The van der Waals surface area contributed by atoms with Gasteiger partial charge in [-0.25, -0.2) is 4.68 Å². The number of hydrogen-bond donors (Lipinski definition) is 1. The van der Waals surface area contributed by atoms with Gasteiger partial charge in [0, 0.05) is 18.4 Å². The summed E-state index contributed by atoms with van der Waals surface area (Å²) in [4.78, 5) is 4.35. The van der Waals surface area contributed by atoms with Crippen LogP contribution in [0.2, 0.25) is 0 Å². The first-order valence-corrected chi connectivity index (χ1v) is 7.51.